The van der Waals surface area contributed by atoms with Crippen LogP contribution in [0, 0.1) is 5.92 Å². The Morgan fingerprint density at radius 2 is 1.86 bits per heavy atom. The molecule has 1 fully saturated rings. The van der Waals surface area contributed by atoms with E-state index in [9.17, 15) is 4.79 Å². The van der Waals surface area contributed by atoms with Gasteiger partial charge in [0.05, 0.1) is 20.1 Å². The molecule has 5 heteroatoms. The van der Waals surface area contributed by atoms with E-state index in [0.29, 0.717) is 6.61 Å². The molecule has 0 bridgehead atoms. The molecular weight excluding hydrogens is 270 g/mol. The summed E-state index contributed by atoms with van der Waals surface area (Å²) in [5.41, 5.74) is 0. The number of benzene rings is 1. The molecule has 0 saturated carbocycles. The van der Waals surface area contributed by atoms with Crippen LogP contribution >= 0.6 is 0 Å². The Bertz CT molecular complexity index is 455. The minimum absolute atomic E-state index is 0.0568. The number of nitrogens with zero attached hydrogens (tertiary/aromatic N) is 1. The van der Waals surface area contributed by atoms with E-state index in [1.54, 1.807) is 7.11 Å². The predicted octanol–water partition coefficient (Wildman–Crippen LogP) is 1.96. The van der Waals surface area contributed by atoms with Crippen LogP contribution in [0.2, 0.25) is 0 Å². The molecular formula is C16H23NO4. The highest BCUT2D eigenvalue weighted by Gasteiger charge is 2.25. The van der Waals surface area contributed by atoms with Crippen molar-refractivity contribution >= 4 is 5.97 Å². The Morgan fingerprint density at radius 1 is 1.19 bits per heavy atom. The normalized spacial score (nSPS) is 16.5. The van der Waals surface area contributed by atoms with Crippen LogP contribution in [0.1, 0.15) is 12.8 Å². The van der Waals surface area contributed by atoms with Crippen LogP contribution in [0.25, 0.3) is 0 Å². The van der Waals surface area contributed by atoms with Gasteiger partial charge in [-0.05, 0) is 38.1 Å². The zero-order valence-electron chi connectivity index (χ0n) is 12.7. The predicted molar refractivity (Wildman–Crippen MR) is 79.7 cm³/mol. The van der Waals surface area contributed by atoms with E-state index < -0.39 is 0 Å². The fourth-order valence-corrected chi connectivity index (χ4v) is 2.58. The van der Waals surface area contributed by atoms with E-state index in [0.717, 1.165) is 44.0 Å². The molecule has 1 aliphatic heterocycles. The van der Waals surface area contributed by atoms with Crippen molar-refractivity contribution in [2.24, 2.45) is 5.92 Å². The summed E-state index contributed by atoms with van der Waals surface area (Å²) in [6, 6.07) is 7.64. The van der Waals surface area contributed by atoms with E-state index in [2.05, 4.69) is 4.90 Å². The maximum Gasteiger partial charge on any atom is 0.308 e. The molecule has 21 heavy (non-hydrogen) atoms. The molecule has 0 amide bonds. The molecule has 0 spiro atoms. The molecule has 0 atom stereocenters. The molecule has 1 saturated heterocycles. The maximum atomic E-state index is 11.5. The van der Waals surface area contributed by atoms with Gasteiger partial charge in [0.1, 0.15) is 6.61 Å². The second-order valence-corrected chi connectivity index (χ2v) is 5.14. The molecule has 1 heterocycles. The SMILES string of the molecule is COC(=O)C1CCN(CCOc2ccccc2OC)CC1. The van der Waals surface area contributed by atoms with E-state index in [4.69, 9.17) is 14.2 Å². The van der Waals surface area contributed by atoms with Crippen LogP contribution in [-0.2, 0) is 9.53 Å². The molecule has 1 aromatic rings. The highest BCUT2D eigenvalue weighted by atomic mass is 16.5. The molecule has 1 aliphatic rings. The number of carbonyl (C=O) groups excluding carboxylic acids is 1. The van der Waals surface area contributed by atoms with Gasteiger partial charge in [0.25, 0.3) is 0 Å². The number of likely N-dealkylation sites (tertiary alicyclic amines) is 1. The summed E-state index contributed by atoms with van der Waals surface area (Å²) < 4.78 is 15.8. The van der Waals surface area contributed by atoms with Crippen LogP contribution in [-0.4, -0.2) is 51.3 Å². The van der Waals surface area contributed by atoms with Crippen LogP contribution in [0.5, 0.6) is 11.5 Å². The molecule has 2 rings (SSSR count). The van der Waals surface area contributed by atoms with E-state index in [1.807, 2.05) is 24.3 Å². The molecule has 0 unspecified atom stereocenters. The first-order valence-corrected chi connectivity index (χ1v) is 7.30. The Balaban J connectivity index is 1.72. The van der Waals surface area contributed by atoms with E-state index in [1.165, 1.54) is 7.11 Å². The lowest BCUT2D eigenvalue weighted by molar-refractivity contribution is -0.147. The quantitative estimate of drug-likeness (QED) is 0.750. The van der Waals surface area contributed by atoms with Crippen molar-refractivity contribution in [3.63, 3.8) is 0 Å². The Kier molecular flexibility index (Phi) is 5.87. The molecule has 116 valence electrons. The lowest BCUT2D eigenvalue weighted by Crippen LogP contribution is -2.38. The van der Waals surface area contributed by atoms with Crippen LogP contribution in [0.3, 0.4) is 0 Å². The van der Waals surface area contributed by atoms with Crippen molar-refractivity contribution < 1.29 is 19.0 Å². The monoisotopic (exact) mass is 293 g/mol. The number of rotatable bonds is 6. The smallest absolute Gasteiger partial charge is 0.308 e. The molecule has 5 nitrogen and oxygen atoms in total. The van der Waals surface area contributed by atoms with Crippen molar-refractivity contribution in [1.29, 1.82) is 0 Å². The molecule has 0 N–H and O–H groups in total. The molecule has 0 radical (unpaired) electrons. The minimum atomic E-state index is -0.0834. The standard InChI is InChI=1S/C16H23NO4/c1-19-14-5-3-4-6-15(14)21-12-11-17-9-7-13(8-10-17)16(18)20-2/h3-6,13H,7-12H2,1-2H3. The fourth-order valence-electron chi connectivity index (χ4n) is 2.58. The van der Waals surface area contributed by atoms with Crippen LogP contribution in [0.15, 0.2) is 24.3 Å². The zero-order chi connectivity index (χ0) is 15.1. The molecule has 1 aromatic carbocycles. The van der Waals surface area contributed by atoms with Gasteiger partial charge in [0, 0.05) is 6.54 Å². The third-order valence-electron chi connectivity index (χ3n) is 3.86. The number of methoxy groups -OCH3 is 2. The first kappa shape index (κ1) is 15.6. The average Bonchev–Trinajstić information content (AvgIpc) is 2.55. The van der Waals surface area contributed by atoms with Gasteiger partial charge in [-0.15, -0.1) is 0 Å². The van der Waals surface area contributed by atoms with E-state index >= 15 is 0 Å². The average molecular weight is 293 g/mol. The summed E-state index contributed by atoms with van der Waals surface area (Å²) in [7, 11) is 3.09. The number of para-hydroxylation sites is 2. The van der Waals surface area contributed by atoms with Gasteiger partial charge >= 0.3 is 5.97 Å². The first-order chi connectivity index (χ1) is 10.2. The summed E-state index contributed by atoms with van der Waals surface area (Å²) in [4.78, 5) is 13.8. The first-order valence-electron chi connectivity index (χ1n) is 7.30. The largest absolute Gasteiger partial charge is 0.493 e. The van der Waals surface area contributed by atoms with Crippen molar-refractivity contribution in [2.45, 2.75) is 12.8 Å². The third kappa shape index (κ3) is 4.36. The van der Waals surface area contributed by atoms with Crippen molar-refractivity contribution in [3.8, 4) is 11.5 Å². The lowest BCUT2D eigenvalue weighted by atomic mass is 9.97. The van der Waals surface area contributed by atoms with Gasteiger partial charge in [-0.2, -0.15) is 0 Å². The van der Waals surface area contributed by atoms with Crippen molar-refractivity contribution in [3.05, 3.63) is 24.3 Å². The minimum Gasteiger partial charge on any atom is -0.493 e. The fraction of sp³-hybridized carbons (Fsp3) is 0.562. The maximum absolute atomic E-state index is 11.5. The number of hydrogen-bond acceptors (Lipinski definition) is 5. The summed E-state index contributed by atoms with van der Waals surface area (Å²) in [6.07, 6.45) is 1.72. The summed E-state index contributed by atoms with van der Waals surface area (Å²) in [5, 5.41) is 0. The van der Waals surface area contributed by atoms with Gasteiger partial charge in [-0.3, -0.25) is 9.69 Å². The van der Waals surface area contributed by atoms with Crippen molar-refractivity contribution in [1.82, 2.24) is 4.90 Å². The number of hydrogen-bond donors (Lipinski definition) is 0. The summed E-state index contributed by atoms with van der Waals surface area (Å²) >= 11 is 0. The van der Waals surface area contributed by atoms with Gasteiger partial charge in [-0.1, -0.05) is 12.1 Å². The Labute approximate surface area is 125 Å². The highest BCUT2D eigenvalue weighted by Crippen LogP contribution is 2.25. The third-order valence-corrected chi connectivity index (χ3v) is 3.86. The zero-order valence-corrected chi connectivity index (χ0v) is 12.7. The van der Waals surface area contributed by atoms with Gasteiger partial charge in [0.15, 0.2) is 11.5 Å². The second-order valence-electron chi connectivity index (χ2n) is 5.14. The number of esters is 1. The number of carbonyl (C=O) groups is 1. The van der Waals surface area contributed by atoms with Crippen LogP contribution in [0.4, 0.5) is 0 Å². The van der Waals surface area contributed by atoms with Gasteiger partial charge < -0.3 is 14.2 Å². The van der Waals surface area contributed by atoms with Gasteiger partial charge in [0.2, 0.25) is 0 Å². The molecule has 0 aromatic heterocycles. The lowest BCUT2D eigenvalue weighted by Gasteiger charge is -2.30. The van der Waals surface area contributed by atoms with Crippen LogP contribution < -0.4 is 9.47 Å². The van der Waals surface area contributed by atoms with Gasteiger partial charge in [-0.25, -0.2) is 0 Å². The highest BCUT2D eigenvalue weighted by molar-refractivity contribution is 5.72. The Morgan fingerprint density at radius 3 is 2.48 bits per heavy atom. The summed E-state index contributed by atoms with van der Waals surface area (Å²) in [5.74, 6) is 1.49. The number of ether oxygens (including phenoxy) is 3. The number of piperidine rings is 1. The molecule has 0 aliphatic carbocycles. The summed E-state index contributed by atoms with van der Waals surface area (Å²) in [6.45, 7) is 3.29. The van der Waals surface area contributed by atoms with Crippen molar-refractivity contribution in [2.75, 3.05) is 40.5 Å². The topological polar surface area (TPSA) is 48.0 Å². The van der Waals surface area contributed by atoms with E-state index in [-0.39, 0.29) is 11.9 Å². The Hall–Kier alpha value is -1.75. The second kappa shape index (κ2) is 7.88.